The fraction of sp³-hybridized carbons (Fsp3) is 0.0833. The lowest BCUT2D eigenvalue weighted by Gasteiger charge is -2.14. The van der Waals surface area contributed by atoms with Crippen LogP contribution in [0.2, 0.25) is 0 Å². The number of halogens is 2. The molecule has 0 amide bonds. The highest BCUT2D eigenvalue weighted by molar-refractivity contribution is 5.44. The summed E-state index contributed by atoms with van der Waals surface area (Å²) in [6.07, 6.45) is -0.0339. The molecule has 0 aliphatic rings. The zero-order chi connectivity index (χ0) is 12.4. The first-order chi connectivity index (χ1) is 8.11. The molecule has 1 aromatic carbocycles. The second kappa shape index (κ2) is 4.47. The molecule has 5 heteroatoms. The standard InChI is InChI=1S/C12H10F2N2O/c13-8-4-1-5-9(14)10(8)11(17)7-3-2-6-16-12(7)15/h1-6,11,17H,(H2,15,16). The molecule has 17 heavy (non-hydrogen) atoms. The number of hydrogen-bond acceptors (Lipinski definition) is 3. The SMILES string of the molecule is Nc1ncccc1C(O)c1c(F)cccc1F. The largest absolute Gasteiger partial charge is 0.383 e. The molecule has 0 saturated carbocycles. The number of pyridine rings is 1. The van der Waals surface area contributed by atoms with Crippen molar-refractivity contribution in [3.63, 3.8) is 0 Å². The summed E-state index contributed by atoms with van der Waals surface area (Å²) in [5, 5.41) is 9.93. The maximum Gasteiger partial charge on any atom is 0.132 e. The van der Waals surface area contributed by atoms with Crippen LogP contribution in [0.25, 0.3) is 0 Å². The van der Waals surface area contributed by atoms with Crippen LogP contribution in [-0.2, 0) is 0 Å². The molecule has 3 nitrogen and oxygen atoms in total. The lowest BCUT2D eigenvalue weighted by Crippen LogP contribution is -2.09. The fourth-order valence-electron chi connectivity index (χ4n) is 1.59. The van der Waals surface area contributed by atoms with E-state index >= 15 is 0 Å². The normalized spacial score (nSPS) is 12.4. The minimum Gasteiger partial charge on any atom is -0.383 e. The summed E-state index contributed by atoms with van der Waals surface area (Å²) in [5.41, 5.74) is 5.30. The van der Waals surface area contributed by atoms with Gasteiger partial charge in [0.25, 0.3) is 0 Å². The molecule has 88 valence electrons. The molecule has 1 aromatic heterocycles. The number of nitrogens with two attached hydrogens (primary N) is 1. The molecular formula is C12H10F2N2O. The van der Waals surface area contributed by atoms with E-state index in [4.69, 9.17) is 5.73 Å². The molecule has 0 aliphatic heterocycles. The van der Waals surface area contributed by atoms with Gasteiger partial charge in [-0.05, 0) is 18.2 Å². The Morgan fingerprint density at radius 2 is 1.76 bits per heavy atom. The van der Waals surface area contributed by atoms with Crippen LogP contribution in [0.3, 0.4) is 0 Å². The highest BCUT2D eigenvalue weighted by Crippen LogP contribution is 2.28. The van der Waals surface area contributed by atoms with Crippen LogP contribution in [-0.4, -0.2) is 10.1 Å². The Kier molecular flexibility index (Phi) is 3.01. The minimum absolute atomic E-state index is 0.0441. The number of hydrogen-bond donors (Lipinski definition) is 2. The molecule has 0 spiro atoms. The summed E-state index contributed by atoms with van der Waals surface area (Å²) in [6.45, 7) is 0. The number of aromatic nitrogens is 1. The van der Waals surface area contributed by atoms with E-state index in [1.807, 2.05) is 0 Å². The minimum atomic E-state index is -1.47. The average molecular weight is 236 g/mol. The van der Waals surface area contributed by atoms with Crippen LogP contribution in [0, 0.1) is 11.6 Å². The molecule has 2 rings (SSSR count). The highest BCUT2D eigenvalue weighted by atomic mass is 19.1. The first kappa shape index (κ1) is 11.5. The Morgan fingerprint density at radius 1 is 1.12 bits per heavy atom. The van der Waals surface area contributed by atoms with Crippen LogP contribution in [0.1, 0.15) is 17.2 Å². The Bertz CT molecular complexity index is 526. The number of anilines is 1. The van der Waals surface area contributed by atoms with Crippen LogP contribution in [0.4, 0.5) is 14.6 Å². The third kappa shape index (κ3) is 2.09. The summed E-state index contributed by atoms with van der Waals surface area (Å²) in [4.78, 5) is 3.76. The van der Waals surface area contributed by atoms with Crippen molar-refractivity contribution in [2.45, 2.75) is 6.10 Å². The number of nitrogen functional groups attached to an aromatic ring is 1. The molecule has 0 fully saturated rings. The quantitative estimate of drug-likeness (QED) is 0.838. The Hall–Kier alpha value is -2.01. The van der Waals surface area contributed by atoms with Crippen molar-refractivity contribution in [2.24, 2.45) is 0 Å². The zero-order valence-corrected chi connectivity index (χ0v) is 8.77. The maximum atomic E-state index is 13.5. The lowest BCUT2D eigenvalue weighted by atomic mass is 10.0. The van der Waals surface area contributed by atoms with Crippen molar-refractivity contribution < 1.29 is 13.9 Å². The van der Waals surface area contributed by atoms with Gasteiger partial charge in [-0.2, -0.15) is 0 Å². The van der Waals surface area contributed by atoms with Gasteiger partial charge < -0.3 is 10.8 Å². The van der Waals surface area contributed by atoms with Gasteiger partial charge >= 0.3 is 0 Å². The van der Waals surface area contributed by atoms with E-state index in [1.165, 1.54) is 24.4 Å². The van der Waals surface area contributed by atoms with Crippen molar-refractivity contribution in [1.29, 1.82) is 0 Å². The van der Waals surface area contributed by atoms with Crippen LogP contribution in [0.5, 0.6) is 0 Å². The molecule has 1 unspecified atom stereocenters. The van der Waals surface area contributed by atoms with Crippen LogP contribution in [0.15, 0.2) is 36.5 Å². The van der Waals surface area contributed by atoms with Gasteiger partial charge in [0, 0.05) is 11.8 Å². The summed E-state index contributed by atoms with van der Waals surface area (Å²) in [6, 6.07) is 6.39. The van der Waals surface area contributed by atoms with Gasteiger partial charge in [0.15, 0.2) is 0 Å². The average Bonchev–Trinajstić information content (AvgIpc) is 2.29. The Balaban J connectivity index is 2.51. The summed E-state index contributed by atoms with van der Waals surface area (Å²) >= 11 is 0. The van der Waals surface area contributed by atoms with Gasteiger partial charge in [0.05, 0.1) is 5.56 Å². The molecule has 0 radical (unpaired) electrons. The summed E-state index contributed by atoms with van der Waals surface area (Å²) < 4.78 is 26.9. The third-order valence-corrected chi connectivity index (χ3v) is 2.44. The van der Waals surface area contributed by atoms with Gasteiger partial charge in [-0.25, -0.2) is 13.8 Å². The first-order valence-corrected chi connectivity index (χ1v) is 4.93. The summed E-state index contributed by atoms with van der Waals surface area (Å²) in [7, 11) is 0. The highest BCUT2D eigenvalue weighted by Gasteiger charge is 2.21. The molecule has 2 aromatic rings. The van der Waals surface area contributed by atoms with E-state index < -0.39 is 23.3 Å². The van der Waals surface area contributed by atoms with Crippen molar-refractivity contribution in [3.05, 3.63) is 59.3 Å². The van der Waals surface area contributed by atoms with E-state index in [2.05, 4.69) is 4.98 Å². The van der Waals surface area contributed by atoms with E-state index in [0.717, 1.165) is 12.1 Å². The second-order valence-corrected chi connectivity index (χ2v) is 3.52. The van der Waals surface area contributed by atoms with E-state index in [1.54, 1.807) is 0 Å². The second-order valence-electron chi connectivity index (χ2n) is 3.52. The van der Waals surface area contributed by atoms with Crippen molar-refractivity contribution in [3.8, 4) is 0 Å². The van der Waals surface area contributed by atoms with Crippen molar-refractivity contribution in [2.75, 3.05) is 5.73 Å². The predicted octanol–water partition coefficient (Wildman–Crippen LogP) is 2.02. The van der Waals surface area contributed by atoms with Gasteiger partial charge in [0.2, 0.25) is 0 Å². The van der Waals surface area contributed by atoms with E-state index in [9.17, 15) is 13.9 Å². The van der Waals surface area contributed by atoms with Crippen LogP contribution >= 0.6 is 0 Å². The number of aliphatic hydroxyl groups excluding tert-OH is 1. The molecule has 0 saturated heterocycles. The number of nitrogens with zero attached hydrogens (tertiary/aromatic N) is 1. The smallest absolute Gasteiger partial charge is 0.132 e. The Morgan fingerprint density at radius 3 is 2.35 bits per heavy atom. The number of benzene rings is 1. The van der Waals surface area contributed by atoms with Gasteiger partial charge in [-0.3, -0.25) is 0 Å². The monoisotopic (exact) mass is 236 g/mol. The van der Waals surface area contributed by atoms with Gasteiger partial charge in [0.1, 0.15) is 23.6 Å². The third-order valence-electron chi connectivity index (χ3n) is 2.44. The van der Waals surface area contributed by atoms with Gasteiger partial charge in [-0.15, -0.1) is 0 Å². The van der Waals surface area contributed by atoms with Gasteiger partial charge in [-0.1, -0.05) is 12.1 Å². The number of aliphatic hydroxyl groups is 1. The fourth-order valence-corrected chi connectivity index (χ4v) is 1.59. The molecule has 0 bridgehead atoms. The Labute approximate surface area is 96.5 Å². The topological polar surface area (TPSA) is 59.1 Å². The van der Waals surface area contributed by atoms with Crippen molar-refractivity contribution in [1.82, 2.24) is 4.98 Å². The predicted molar refractivity (Wildman–Crippen MR) is 59.1 cm³/mol. The molecule has 1 atom stereocenters. The van der Waals surface area contributed by atoms with Crippen LogP contribution < -0.4 is 5.73 Å². The zero-order valence-electron chi connectivity index (χ0n) is 8.77. The molecule has 0 aliphatic carbocycles. The summed E-state index contributed by atoms with van der Waals surface area (Å²) in [5.74, 6) is -1.59. The number of rotatable bonds is 2. The molecule has 1 heterocycles. The van der Waals surface area contributed by atoms with Crippen molar-refractivity contribution >= 4 is 5.82 Å². The molecule has 3 N–H and O–H groups in total. The van der Waals surface area contributed by atoms with E-state index in [0.29, 0.717) is 0 Å². The first-order valence-electron chi connectivity index (χ1n) is 4.93. The maximum absolute atomic E-state index is 13.5. The molecular weight excluding hydrogens is 226 g/mol. The lowest BCUT2D eigenvalue weighted by molar-refractivity contribution is 0.209. The van der Waals surface area contributed by atoms with E-state index in [-0.39, 0.29) is 11.4 Å².